The lowest BCUT2D eigenvalue weighted by Gasteiger charge is -2.16. The number of nitrogens with zero attached hydrogens (tertiary/aromatic N) is 1. The van der Waals surface area contributed by atoms with Gasteiger partial charge in [0.05, 0.1) is 11.9 Å². The standard InChI is InChI=1S/C12H17NO2/c1-7(2)10-11(8(3)4)13-5-9-12(10)15-6-14-9/h5,7-8H,6H2,1-4H3. The number of ether oxygens (including phenoxy) is 2. The van der Waals surface area contributed by atoms with Crippen molar-refractivity contribution >= 4 is 0 Å². The molecule has 1 aliphatic heterocycles. The highest BCUT2D eigenvalue weighted by molar-refractivity contribution is 5.50. The Morgan fingerprint density at radius 1 is 1.13 bits per heavy atom. The van der Waals surface area contributed by atoms with Crippen molar-refractivity contribution in [2.75, 3.05) is 6.79 Å². The van der Waals surface area contributed by atoms with E-state index in [4.69, 9.17) is 9.47 Å². The summed E-state index contributed by atoms with van der Waals surface area (Å²) in [5.74, 6) is 2.50. The Kier molecular flexibility index (Phi) is 2.55. The molecular weight excluding hydrogens is 190 g/mol. The minimum Gasteiger partial charge on any atom is -0.453 e. The third kappa shape index (κ3) is 1.66. The van der Waals surface area contributed by atoms with Crippen molar-refractivity contribution in [2.45, 2.75) is 39.5 Å². The molecule has 0 saturated carbocycles. The first-order valence-electron chi connectivity index (χ1n) is 5.39. The van der Waals surface area contributed by atoms with E-state index in [1.54, 1.807) is 6.20 Å². The highest BCUT2D eigenvalue weighted by Gasteiger charge is 2.24. The monoisotopic (exact) mass is 207 g/mol. The van der Waals surface area contributed by atoms with Crippen LogP contribution in [0.3, 0.4) is 0 Å². The van der Waals surface area contributed by atoms with Gasteiger partial charge in [-0.2, -0.15) is 0 Å². The molecule has 0 spiro atoms. The van der Waals surface area contributed by atoms with Crippen LogP contribution in [0.25, 0.3) is 0 Å². The SMILES string of the molecule is CC(C)c1ncc2c(c1C(C)C)OCO2. The second-order valence-electron chi connectivity index (χ2n) is 4.47. The summed E-state index contributed by atoms with van der Waals surface area (Å²) in [6.07, 6.45) is 1.77. The zero-order valence-electron chi connectivity index (χ0n) is 9.70. The zero-order valence-corrected chi connectivity index (χ0v) is 9.70. The molecule has 0 amide bonds. The van der Waals surface area contributed by atoms with E-state index in [2.05, 4.69) is 32.7 Å². The van der Waals surface area contributed by atoms with E-state index in [9.17, 15) is 0 Å². The van der Waals surface area contributed by atoms with E-state index in [1.165, 1.54) is 5.56 Å². The Morgan fingerprint density at radius 2 is 1.87 bits per heavy atom. The Hall–Kier alpha value is -1.25. The maximum Gasteiger partial charge on any atom is 0.231 e. The average Bonchev–Trinajstić information content (AvgIpc) is 2.62. The molecule has 82 valence electrons. The molecular formula is C12H17NO2. The van der Waals surface area contributed by atoms with Crippen molar-refractivity contribution in [1.82, 2.24) is 4.98 Å². The van der Waals surface area contributed by atoms with E-state index >= 15 is 0 Å². The summed E-state index contributed by atoms with van der Waals surface area (Å²) >= 11 is 0. The van der Waals surface area contributed by atoms with Crippen molar-refractivity contribution in [3.8, 4) is 11.5 Å². The van der Waals surface area contributed by atoms with Crippen molar-refractivity contribution in [2.24, 2.45) is 0 Å². The van der Waals surface area contributed by atoms with Crippen LogP contribution in [0.4, 0.5) is 0 Å². The van der Waals surface area contributed by atoms with Gasteiger partial charge in [0, 0.05) is 5.56 Å². The fraction of sp³-hybridized carbons (Fsp3) is 0.583. The minimum atomic E-state index is 0.318. The fourth-order valence-electron chi connectivity index (χ4n) is 1.93. The molecule has 0 atom stereocenters. The van der Waals surface area contributed by atoms with Crippen LogP contribution in [-0.4, -0.2) is 11.8 Å². The van der Waals surface area contributed by atoms with Gasteiger partial charge in [-0.3, -0.25) is 4.98 Å². The maximum absolute atomic E-state index is 5.52. The van der Waals surface area contributed by atoms with Crippen LogP contribution in [0.1, 0.15) is 50.8 Å². The quantitative estimate of drug-likeness (QED) is 0.746. The first kappa shape index (κ1) is 10.3. The summed E-state index contributed by atoms with van der Waals surface area (Å²) < 4.78 is 10.9. The van der Waals surface area contributed by atoms with Crippen LogP contribution < -0.4 is 9.47 Å². The molecule has 0 N–H and O–H groups in total. The molecule has 0 radical (unpaired) electrons. The molecule has 3 nitrogen and oxygen atoms in total. The summed E-state index contributed by atoms with van der Waals surface area (Å²) in [6, 6.07) is 0. The van der Waals surface area contributed by atoms with Crippen molar-refractivity contribution < 1.29 is 9.47 Å². The fourth-order valence-corrected chi connectivity index (χ4v) is 1.93. The van der Waals surface area contributed by atoms with Crippen LogP contribution in [0.2, 0.25) is 0 Å². The van der Waals surface area contributed by atoms with Crippen LogP contribution in [0, 0.1) is 0 Å². The first-order valence-corrected chi connectivity index (χ1v) is 5.39. The van der Waals surface area contributed by atoms with Gasteiger partial charge in [-0.25, -0.2) is 0 Å². The van der Waals surface area contributed by atoms with E-state index in [-0.39, 0.29) is 0 Å². The number of rotatable bonds is 2. The van der Waals surface area contributed by atoms with Crippen LogP contribution >= 0.6 is 0 Å². The smallest absolute Gasteiger partial charge is 0.231 e. The molecule has 0 aliphatic carbocycles. The summed E-state index contributed by atoms with van der Waals surface area (Å²) in [7, 11) is 0. The Morgan fingerprint density at radius 3 is 2.47 bits per heavy atom. The summed E-state index contributed by atoms with van der Waals surface area (Å²) in [5.41, 5.74) is 2.31. The van der Waals surface area contributed by atoms with Gasteiger partial charge in [-0.15, -0.1) is 0 Å². The lowest BCUT2D eigenvalue weighted by molar-refractivity contribution is 0.173. The molecule has 15 heavy (non-hydrogen) atoms. The lowest BCUT2D eigenvalue weighted by Crippen LogP contribution is -2.03. The van der Waals surface area contributed by atoms with Gasteiger partial charge >= 0.3 is 0 Å². The van der Waals surface area contributed by atoms with Gasteiger partial charge in [-0.05, 0) is 11.8 Å². The molecule has 0 fully saturated rings. The molecule has 0 unspecified atom stereocenters. The zero-order chi connectivity index (χ0) is 11.0. The summed E-state index contributed by atoms with van der Waals surface area (Å²) in [4.78, 5) is 4.47. The number of hydrogen-bond donors (Lipinski definition) is 0. The second kappa shape index (κ2) is 3.72. The van der Waals surface area contributed by atoms with Gasteiger partial charge in [-0.1, -0.05) is 27.7 Å². The van der Waals surface area contributed by atoms with Crippen LogP contribution in [0.15, 0.2) is 6.20 Å². The number of pyridine rings is 1. The molecule has 0 saturated heterocycles. The number of aromatic nitrogens is 1. The lowest BCUT2D eigenvalue weighted by atomic mass is 9.94. The van der Waals surface area contributed by atoms with Crippen molar-refractivity contribution in [3.05, 3.63) is 17.5 Å². The molecule has 2 rings (SSSR count). The normalized spacial score (nSPS) is 14.0. The molecule has 0 bridgehead atoms. The van der Waals surface area contributed by atoms with Gasteiger partial charge in [0.1, 0.15) is 0 Å². The van der Waals surface area contributed by atoms with E-state index < -0.39 is 0 Å². The Balaban J connectivity index is 2.58. The highest BCUT2D eigenvalue weighted by Crippen LogP contribution is 2.41. The summed E-state index contributed by atoms with van der Waals surface area (Å²) in [6.45, 7) is 8.93. The van der Waals surface area contributed by atoms with Crippen molar-refractivity contribution in [3.63, 3.8) is 0 Å². The molecule has 0 aromatic carbocycles. The Labute approximate surface area is 90.4 Å². The molecule has 2 heterocycles. The Bertz CT molecular complexity index is 372. The van der Waals surface area contributed by atoms with Gasteiger partial charge < -0.3 is 9.47 Å². The molecule has 1 aliphatic rings. The van der Waals surface area contributed by atoms with Crippen LogP contribution in [-0.2, 0) is 0 Å². The topological polar surface area (TPSA) is 31.4 Å². The van der Waals surface area contributed by atoms with E-state index in [0.29, 0.717) is 18.6 Å². The van der Waals surface area contributed by atoms with Gasteiger partial charge in [0.15, 0.2) is 11.5 Å². The summed E-state index contributed by atoms with van der Waals surface area (Å²) in [5, 5.41) is 0. The molecule has 1 aromatic heterocycles. The molecule has 1 aromatic rings. The van der Waals surface area contributed by atoms with Crippen molar-refractivity contribution in [1.29, 1.82) is 0 Å². The average molecular weight is 207 g/mol. The van der Waals surface area contributed by atoms with Gasteiger partial charge in [0.2, 0.25) is 6.79 Å². The predicted octanol–water partition coefficient (Wildman–Crippen LogP) is 3.06. The second-order valence-corrected chi connectivity index (χ2v) is 4.47. The predicted molar refractivity (Wildman–Crippen MR) is 58.5 cm³/mol. The van der Waals surface area contributed by atoms with Gasteiger partial charge in [0.25, 0.3) is 0 Å². The number of hydrogen-bond acceptors (Lipinski definition) is 3. The van der Waals surface area contributed by atoms with Crippen LogP contribution in [0.5, 0.6) is 11.5 Å². The van der Waals surface area contributed by atoms with E-state index in [0.717, 1.165) is 17.2 Å². The highest BCUT2D eigenvalue weighted by atomic mass is 16.7. The molecule has 3 heteroatoms. The maximum atomic E-state index is 5.52. The van der Waals surface area contributed by atoms with E-state index in [1.807, 2.05) is 0 Å². The first-order chi connectivity index (χ1) is 7.11. The minimum absolute atomic E-state index is 0.318. The third-order valence-electron chi connectivity index (χ3n) is 2.61. The largest absolute Gasteiger partial charge is 0.453 e. The third-order valence-corrected chi connectivity index (χ3v) is 2.61. The number of fused-ring (bicyclic) bond motifs is 1.